The summed E-state index contributed by atoms with van der Waals surface area (Å²) in [7, 11) is -0.301. The molecule has 0 aliphatic heterocycles. The molecule has 0 aromatic rings. The molecular formula is C20H47N3OSi. The molecule has 0 radical (unpaired) electrons. The molecule has 0 heterocycles. The Kier molecular flexibility index (Phi) is 17.5. The fraction of sp³-hybridized carbons (Fsp3) is 1.00. The van der Waals surface area contributed by atoms with E-state index in [1.807, 2.05) is 0 Å². The average Bonchev–Trinajstić information content (AvgIpc) is 2.61. The Morgan fingerprint density at radius 3 is 1.44 bits per heavy atom. The Hall–Kier alpha value is 0.0569. The summed E-state index contributed by atoms with van der Waals surface area (Å²) in [6, 6.07) is 1.32. The molecule has 0 spiro atoms. The summed E-state index contributed by atoms with van der Waals surface area (Å²) in [5.74, 6) is 0. The highest BCUT2D eigenvalue weighted by Gasteiger charge is 2.08. The standard InChI is InChI=1S/C20H47N3OSi/c1-7-21(8-2)14-11-16-23(17-12-15-22(9-3)10-4)18-13-19-25-24-20(5)6/h20H,7-19,25H2,1-6H3. The molecule has 0 amide bonds. The maximum atomic E-state index is 5.81. The summed E-state index contributed by atoms with van der Waals surface area (Å²) in [6.45, 7) is 24.3. The minimum Gasteiger partial charge on any atom is -0.422 e. The minimum absolute atomic E-state index is 0.301. The Balaban J connectivity index is 4.11. The maximum absolute atomic E-state index is 5.81. The third-order valence-corrected chi connectivity index (χ3v) is 6.70. The number of rotatable bonds is 18. The topological polar surface area (TPSA) is 19.0 Å². The first-order valence-corrected chi connectivity index (χ1v) is 12.4. The summed E-state index contributed by atoms with van der Waals surface area (Å²) in [4.78, 5) is 7.78. The van der Waals surface area contributed by atoms with Crippen molar-refractivity contribution in [1.82, 2.24) is 14.7 Å². The van der Waals surface area contributed by atoms with Crippen LogP contribution in [0, 0.1) is 0 Å². The molecule has 0 bridgehead atoms. The summed E-state index contributed by atoms with van der Waals surface area (Å²) in [5.41, 5.74) is 0. The Labute approximate surface area is 161 Å². The molecule has 152 valence electrons. The van der Waals surface area contributed by atoms with Gasteiger partial charge in [0.1, 0.15) is 0 Å². The summed E-state index contributed by atoms with van der Waals surface area (Å²) < 4.78 is 5.81. The van der Waals surface area contributed by atoms with Gasteiger partial charge < -0.3 is 19.1 Å². The lowest BCUT2D eigenvalue weighted by molar-refractivity contribution is 0.216. The van der Waals surface area contributed by atoms with Crippen molar-refractivity contribution in [2.24, 2.45) is 0 Å². The lowest BCUT2D eigenvalue weighted by Crippen LogP contribution is -2.33. The highest BCUT2D eigenvalue weighted by Crippen LogP contribution is 2.03. The maximum Gasteiger partial charge on any atom is 0.161 e. The summed E-state index contributed by atoms with van der Waals surface area (Å²) in [6.07, 6.45) is 4.33. The third-order valence-electron chi connectivity index (χ3n) is 5.01. The van der Waals surface area contributed by atoms with Crippen molar-refractivity contribution in [1.29, 1.82) is 0 Å². The predicted molar refractivity (Wildman–Crippen MR) is 115 cm³/mol. The first-order valence-electron chi connectivity index (χ1n) is 10.9. The van der Waals surface area contributed by atoms with Gasteiger partial charge >= 0.3 is 0 Å². The molecule has 4 nitrogen and oxygen atoms in total. The van der Waals surface area contributed by atoms with E-state index in [0.717, 1.165) is 0 Å². The van der Waals surface area contributed by atoms with Crippen molar-refractivity contribution in [2.75, 3.05) is 58.9 Å². The van der Waals surface area contributed by atoms with Gasteiger partial charge in [-0.05, 0) is 98.1 Å². The number of hydrogen-bond acceptors (Lipinski definition) is 4. The van der Waals surface area contributed by atoms with E-state index >= 15 is 0 Å². The molecule has 0 saturated carbocycles. The molecule has 25 heavy (non-hydrogen) atoms. The zero-order valence-electron chi connectivity index (χ0n) is 18.2. The van der Waals surface area contributed by atoms with Gasteiger partial charge in [-0.15, -0.1) is 0 Å². The second kappa shape index (κ2) is 17.5. The molecule has 0 aliphatic carbocycles. The van der Waals surface area contributed by atoms with Gasteiger partial charge in [-0.3, -0.25) is 0 Å². The van der Waals surface area contributed by atoms with E-state index in [-0.39, 0.29) is 9.76 Å². The van der Waals surface area contributed by atoms with Crippen LogP contribution < -0.4 is 0 Å². The molecule has 5 heteroatoms. The van der Waals surface area contributed by atoms with E-state index in [0.29, 0.717) is 6.10 Å². The molecule has 0 unspecified atom stereocenters. The van der Waals surface area contributed by atoms with Crippen molar-refractivity contribution in [3.63, 3.8) is 0 Å². The van der Waals surface area contributed by atoms with Crippen LogP contribution in [0.1, 0.15) is 60.8 Å². The highest BCUT2D eigenvalue weighted by molar-refractivity contribution is 6.27. The van der Waals surface area contributed by atoms with Crippen molar-refractivity contribution >= 4 is 9.76 Å². The van der Waals surface area contributed by atoms with Crippen LogP contribution in [-0.4, -0.2) is 89.5 Å². The van der Waals surface area contributed by atoms with E-state index in [2.05, 4.69) is 56.2 Å². The fourth-order valence-corrected chi connectivity index (χ4v) is 4.27. The zero-order chi connectivity index (χ0) is 18.9. The second-order valence-corrected chi connectivity index (χ2v) is 8.68. The Morgan fingerprint density at radius 1 is 0.640 bits per heavy atom. The molecule has 0 atom stereocenters. The van der Waals surface area contributed by atoms with E-state index in [1.54, 1.807) is 0 Å². The predicted octanol–water partition coefficient (Wildman–Crippen LogP) is 3.07. The van der Waals surface area contributed by atoms with Crippen molar-refractivity contribution in [3.05, 3.63) is 0 Å². The van der Waals surface area contributed by atoms with Crippen LogP contribution in [0.25, 0.3) is 0 Å². The molecule has 0 fully saturated rings. The van der Waals surface area contributed by atoms with Gasteiger partial charge in [0.05, 0.1) is 0 Å². The van der Waals surface area contributed by atoms with Crippen LogP contribution in [0.15, 0.2) is 0 Å². The van der Waals surface area contributed by atoms with Crippen LogP contribution in [0.5, 0.6) is 0 Å². The van der Waals surface area contributed by atoms with Gasteiger partial charge in [0.2, 0.25) is 0 Å². The van der Waals surface area contributed by atoms with Crippen molar-refractivity contribution < 1.29 is 4.43 Å². The van der Waals surface area contributed by atoms with E-state index in [1.165, 1.54) is 84.2 Å². The fourth-order valence-electron chi connectivity index (χ4n) is 3.21. The monoisotopic (exact) mass is 373 g/mol. The van der Waals surface area contributed by atoms with Crippen LogP contribution in [0.2, 0.25) is 6.04 Å². The van der Waals surface area contributed by atoms with Gasteiger partial charge in [0.25, 0.3) is 0 Å². The Bertz CT molecular complexity index is 254. The molecule has 0 saturated heterocycles. The normalized spacial score (nSPS) is 12.7. The van der Waals surface area contributed by atoms with Gasteiger partial charge in [-0.2, -0.15) is 0 Å². The average molecular weight is 374 g/mol. The van der Waals surface area contributed by atoms with Crippen LogP contribution in [0.3, 0.4) is 0 Å². The SMILES string of the molecule is CCN(CC)CCCN(CCC[SiH2]OC(C)C)CCCN(CC)CC. The Morgan fingerprint density at radius 2 is 1.04 bits per heavy atom. The largest absolute Gasteiger partial charge is 0.422 e. The van der Waals surface area contributed by atoms with Crippen LogP contribution in [-0.2, 0) is 4.43 Å². The quantitative estimate of drug-likeness (QED) is 0.271. The molecule has 0 aromatic carbocycles. The smallest absolute Gasteiger partial charge is 0.161 e. The zero-order valence-corrected chi connectivity index (χ0v) is 19.6. The van der Waals surface area contributed by atoms with Gasteiger partial charge in [-0.25, -0.2) is 0 Å². The van der Waals surface area contributed by atoms with Gasteiger partial charge in [0.15, 0.2) is 9.76 Å². The second-order valence-electron chi connectivity index (χ2n) is 7.23. The highest BCUT2D eigenvalue weighted by atomic mass is 28.2. The van der Waals surface area contributed by atoms with E-state index < -0.39 is 0 Å². The summed E-state index contributed by atoms with van der Waals surface area (Å²) in [5, 5.41) is 0. The number of nitrogens with zero attached hydrogens (tertiary/aromatic N) is 3. The van der Waals surface area contributed by atoms with Gasteiger partial charge in [0, 0.05) is 6.10 Å². The van der Waals surface area contributed by atoms with E-state index in [9.17, 15) is 0 Å². The molecule has 0 aliphatic rings. The van der Waals surface area contributed by atoms with E-state index in [4.69, 9.17) is 4.43 Å². The lowest BCUT2D eigenvalue weighted by Gasteiger charge is -2.26. The lowest BCUT2D eigenvalue weighted by atomic mass is 10.2. The summed E-state index contributed by atoms with van der Waals surface area (Å²) >= 11 is 0. The number of hydrogen-bond donors (Lipinski definition) is 0. The van der Waals surface area contributed by atoms with Gasteiger partial charge in [-0.1, -0.05) is 27.7 Å². The molecule has 0 rings (SSSR count). The van der Waals surface area contributed by atoms with Crippen LogP contribution in [0.4, 0.5) is 0 Å². The minimum atomic E-state index is -0.301. The molecular weight excluding hydrogens is 326 g/mol. The first-order chi connectivity index (χ1) is 12.1. The molecule has 0 aromatic heterocycles. The third kappa shape index (κ3) is 14.9. The first kappa shape index (κ1) is 25.1. The van der Waals surface area contributed by atoms with Crippen molar-refractivity contribution in [3.8, 4) is 0 Å². The van der Waals surface area contributed by atoms with Crippen LogP contribution >= 0.6 is 0 Å². The molecule has 0 N–H and O–H groups in total. The van der Waals surface area contributed by atoms with Crippen molar-refractivity contribution in [2.45, 2.75) is 73.0 Å².